The van der Waals surface area contributed by atoms with Crippen molar-refractivity contribution in [2.75, 3.05) is 33.7 Å². The second-order valence-corrected chi connectivity index (χ2v) is 3.32. The van der Waals surface area contributed by atoms with E-state index in [1.807, 2.05) is 14.1 Å². The highest BCUT2D eigenvalue weighted by molar-refractivity contribution is 5.65. The zero-order valence-corrected chi connectivity index (χ0v) is 6.95. The Labute approximate surface area is 66.4 Å². The van der Waals surface area contributed by atoms with Crippen molar-refractivity contribution in [3.63, 3.8) is 0 Å². The molecule has 1 amide bonds. The van der Waals surface area contributed by atoms with Crippen LogP contribution < -0.4 is 0 Å². The van der Waals surface area contributed by atoms with Crippen molar-refractivity contribution in [3.05, 3.63) is 0 Å². The molecule has 1 aliphatic heterocycles. The highest BCUT2D eigenvalue weighted by Crippen LogP contribution is 2.15. The SMILES string of the molecule is CN(C)CC1CN(C(=O)O)C1. The van der Waals surface area contributed by atoms with E-state index in [1.165, 1.54) is 4.90 Å². The summed E-state index contributed by atoms with van der Waals surface area (Å²) >= 11 is 0. The van der Waals surface area contributed by atoms with E-state index in [0.29, 0.717) is 19.0 Å². The molecule has 64 valence electrons. The van der Waals surface area contributed by atoms with Crippen molar-refractivity contribution in [2.24, 2.45) is 5.92 Å². The van der Waals surface area contributed by atoms with Gasteiger partial charge in [0.25, 0.3) is 0 Å². The molecule has 1 fully saturated rings. The average molecular weight is 158 g/mol. The van der Waals surface area contributed by atoms with Gasteiger partial charge in [0, 0.05) is 25.6 Å². The lowest BCUT2D eigenvalue weighted by molar-refractivity contribution is 0.0702. The van der Waals surface area contributed by atoms with E-state index in [1.54, 1.807) is 0 Å². The molecule has 1 saturated heterocycles. The van der Waals surface area contributed by atoms with Gasteiger partial charge in [0.05, 0.1) is 0 Å². The summed E-state index contributed by atoms with van der Waals surface area (Å²) in [5, 5.41) is 8.50. The first-order chi connectivity index (χ1) is 5.09. The molecule has 0 aromatic heterocycles. The largest absolute Gasteiger partial charge is 0.465 e. The maximum absolute atomic E-state index is 10.3. The van der Waals surface area contributed by atoms with Gasteiger partial charge in [0.1, 0.15) is 0 Å². The highest BCUT2D eigenvalue weighted by Gasteiger charge is 2.30. The summed E-state index contributed by atoms with van der Waals surface area (Å²) in [6.45, 7) is 2.39. The Kier molecular flexibility index (Phi) is 2.34. The topological polar surface area (TPSA) is 43.8 Å². The predicted octanol–water partition coefficient (Wildman–Crippen LogP) is 0.158. The van der Waals surface area contributed by atoms with Crippen LogP contribution in [-0.2, 0) is 0 Å². The standard InChI is InChI=1S/C7H14N2O2/c1-8(2)3-6-4-9(5-6)7(10)11/h6H,3-5H2,1-2H3,(H,10,11). The van der Waals surface area contributed by atoms with Crippen LogP contribution in [0.1, 0.15) is 0 Å². The molecule has 0 atom stereocenters. The second-order valence-electron chi connectivity index (χ2n) is 3.32. The van der Waals surface area contributed by atoms with E-state index < -0.39 is 6.09 Å². The van der Waals surface area contributed by atoms with E-state index in [0.717, 1.165) is 6.54 Å². The first kappa shape index (κ1) is 8.33. The van der Waals surface area contributed by atoms with Gasteiger partial charge in [-0.2, -0.15) is 0 Å². The number of carbonyl (C=O) groups is 1. The third kappa shape index (κ3) is 2.08. The lowest BCUT2D eigenvalue weighted by Gasteiger charge is -2.38. The van der Waals surface area contributed by atoms with Crippen LogP contribution in [0.15, 0.2) is 0 Å². The fourth-order valence-corrected chi connectivity index (χ4v) is 1.36. The number of hydrogen-bond donors (Lipinski definition) is 1. The summed E-state index contributed by atoms with van der Waals surface area (Å²) in [5.74, 6) is 0.543. The van der Waals surface area contributed by atoms with Crippen LogP contribution in [0.5, 0.6) is 0 Å². The average Bonchev–Trinajstić information content (AvgIpc) is 1.75. The van der Waals surface area contributed by atoms with E-state index in [4.69, 9.17) is 5.11 Å². The minimum Gasteiger partial charge on any atom is -0.465 e. The summed E-state index contributed by atoms with van der Waals surface area (Å²) in [7, 11) is 4.01. The summed E-state index contributed by atoms with van der Waals surface area (Å²) in [6.07, 6.45) is -0.792. The van der Waals surface area contributed by atoms with Gasteiger partial charge >= 0.3 is 6.09 Å². The summed E-state index contributed by atoms with van der Waals surface area (Å²) in [6, 6.07) is 0. The molecule has 0 aliphatic carbocycles. The van der Waals surface area contributed by atoms with E-state index >= 15 is 0 Å². The van der Waals surface area contributed by atoms with Gasteiger partial charge in [0.2, 0.25) is 0 Å². The fourth-order valence-electron chi connectivity index (χ4n) is 1.36. The van der Waals surface area contributed by atoms with Crippen LogP contribution in [0.25, 0.3) is 0 Å². The van der Waals surface area contributed by atoms with Crippen molar-refractivity contribution in [2.45, 2.75) is 0 Å². The summed E-state index contributed by atoms with van der Waals surface area (Å²) < 4.78 is 0. The molecule has 0 aromatic rings. The molecule has 0 saturated carbocycles. The van der Waals surface area contributed by atoms with Crippen LogP contribution in [0.4, 0.5) is 4.79 Å². The smallest absolute Gasteiger partial charge is 0.407 e. The summed E-state index contributed by atoms with van der Waals surface area (Å²) in [5.41, 5.74) is 0. The molecule has 1 heterocycles. The van der Waals surface area contributed by atoms with Gasteiger partial charge in [-0.3, -0.25) is 0 Å². The molecule has 0 bridgehead atoms. The number of carboxylic acid groups (broad SMARTS) is 1. The number of amides is 1. The minimum absolute atomic E-state index is 0.543. The molecule has 0 aromatic carbocycles. The lowest BCUT2D eigenvalue weighted by atomic mass is 10.0. The van der Waals surface area contributed by atoms with Gasteiger partial charge in [-0.25, -0.2) is 4.79 Å². The quantitative estimate of drug-likeness (QED) is 0.622. The van der Waals surface area contributed by atoms with Crippen LogP contribution >= 0.6 is 0 Å². The van der Waals surface area contributed by atoms with Crippen LogP contribution in [0.2, 0.25) is 0 Å². The van der Waals surface area contributed by atoms with Crippen LogP contribution in [0.3, 0.4) is 0 Å². The maximum atomic E-state index is 10.3. The first-order valence-corrected chi connectivity index (χ1v) is 3.72. The lowest BCUT2D eigenvalue weighted by Crippen LogP contribution is -2.52. The van der Waals surface area contributed by atoms with Gasteiger partial charge in [0.15, 0.2) is 0 Å². The van der Waals surface area contributed by atoms with E-state index in [-0.39, 0.29) is 0 Å². The maximum Gasteiger partial charge on any atom is 0.407 e. The van der Waals surface area contributed by atoms with Crippen molar-refractivity contribution in [1.29, 1.82) is 0 Å². The molecular formula is C7H14N2O2. The number of rotatable bonds is 2. The Morgan fingerprint density at radius 2 is 2.18 bits per heavy atom. The Morgan fingerprint density at radius 3 is 2.55 bits per heavy atom. The van der Waals surface area contributed by atoms with Gasteiger partial charge in [-0.05, 0) is 14.1 Å². The molecule has 0 radical (unpaired) electrons. The predicted molar refractivity (Wildman–Crippen MR) is 41.6 cm³/mol. The van der Waals surface area contributed by atoms with Crippen molar-refractivity contribution < 1.29 is 9.90 Å². The van der Waals surface area contributed by atoms with Crippen molar-refractivity contribution in [3.8, 4) is 0 Å². The number of likely N-dealkylation sites (tertiary alicyclic amines) is 1. The highest BCUT2D eigenvalue weighted by atomic mass is 16.4. The molecule has 11 heavy (non-hydrogen) atoms. The van der Waals surface area contributed by atoms with Gasteiger partial charge in [-0.1, -0.05) is 0 Å². The van der Waals surface area contributed by atoms with Crippen LogP contribution in [0, 0.1) is 5.92 Å². The number of nitrogens with zero attached hydrogens (tertiary/aromatic N) is 2. The zero-order valence-electron chi connectivity index (χ0n) is 6.95. The monoisotopic (exact) mass is 158 g/mol. The van der Waals surface area contributed by atoms with E-state index in [2.05, 4.69) is 4.90 Å². The zero-order chi connectivity index (χ0) is 8.43. The molecule has 1 rings (SSSR count). The van der Waals surface area contributed by atoms with Gasteiger partial charge in [-0.15, -0.1) is 0 Å². The third-order valence-corrected chi connectivity index (χ3v) is 1.85. The Balaban J connectivity index is 2.14. The molecule has 1 N–H and O–H groups in total. The molecular weight excluding hydrogens is 144 g/mol. The fraction of sp³-hybridized carbons (Fsp3) is 0.857. The Bertz CT molecular complexity index is 153. The van der Waals surface area contributed by atoms with Crippen molar-refractivity contribution in [1.82, 2.24) is 9.80 Å². The molecule has 0 unspecified atom stereocenters. The summed E-state index contributed by atoms with van der Waals surface area (Å²) in [4.78, 5) is 13.9. The first-order valence-electron chi connectivity index (χ1n) is 3.72. The third-order valence-electron chi connectivity index (χ3n) is 1.85. The molecule has 4 heteroatoms. The van der Waals surface area contributed by atoms with E-state index in [9.17, 15) is 4.79 Å². The normalized spacial score (nSPS) is 18.6. The Hall–Kier alpha value is -0.770. The second kappa shape index (κ2) is 3.09. The molecule has 1 aliphatic rings. The number of hydrogen-bond acceptors (Lipinski definition) is 2. The van der Waals surface area contributed by atoms with Gasteiger partial charge < -0.3 is 14.9 Å². The molecule has 0 spiro atoms. The minimum atomic E-state index is -0.792. The Morgan fingerprint density at radius 1 is 1.64 bits per heavy atom. The molecule has 4 nitrogen and oxygen atoms in total. The van der Waals surface area contributed by atoms with Crippen molar-refractivity contribution >= 4 is 6.09 Å². The van der Waals surface area contributed by atoms with Crippen LogP contribution in [-0.4, -0.2) is 54.7 Å².